The van der Waals surface area contributed by atoms with Gasteiger partial charge in [0.2, 0.25) is 0 Å². The van der Waals surface area contributed by atoms with Crippen LogP contribution in [0.5, 0.6) is 5.75 Å². The molecule has 1 aliphatic heterocycles. The SMILES string of the molecule is c1cc(COc2ccc(CN[C@@H]3CCC[C@@H]3N3CCNCC3)cc2)ccn1. The van der Waals surface area contributed by atoms with E-state index in [4.69, 9.17) is 4.74 Å². The highest BCUT2D eigenvalue weighted by Crippen LogP contribution is 2.25. The summed E-state index contributed by atoms with van der Waals surface area (Å²) in [7, 11) is 0. The van der Waals surface area contributed by atoms with E-state index < -0.39 is 0 Å². The quantitative estimate of drug-likeness (QED) is 0.789. The fourth-order valence-corrected chi connectivity index (χ4v) is 4.23. The molecule has 1 saturated carbocycles. The van der Waals surface area contributed by atoms with Crippen molar-refractivity contribution in [2.45, 2.75) is 44.5 Å². The number of rotatable bonds is 7. The molecular formula is C22H30N4O. The molecule has 2 aliphatic rings. The molecule has 1 aliphatic carbocycles. The highest BCUT2D eigenvalue weighted by Gasteiger charge is 2.32. The molecule has 2 heterocycles. The van der Waals surface area contributed by atoms with Gasteiger partial charge < -0.3 is 15.4 Å². The topological polar surface area (TPSA) is 49.4 Å². The normalized spacial score (nSPS) is 23.4. The van der Waals surface area contributed by atoms with Gasteiger partial charge in [0.25, 0.3) is 0 Å². The predicted octanol–water partition coefficient (Wildman–Crippen LogP) is 2.58. The van der Waals surface area contributed by atoms with Crippen molar-refractivity contribution in [1.82, 2.24) is 20.5 Å². The Bertz CT molecular complexity index is 685. The van der Waals surface area contributed by atoms with Gasteiger partial charge in [0.15, 0.2) is 0 Å². The lowest BCUT2D eigenvalue weighted by atomic mass is 10.1. The monoisotopic (exact) mass is 366 g/mol. The molecule has 1 aromatic carbocycles. The summed E-state index contributed by atoms with van der Waals surface area (Å²) in [6.07, 6.45) is 7.56. The van der Waals surface area contributed by atoms with Crippen molar-refractivity contribution in [2.75, 3.05) is 26.2 Å². The van der Waals surface area contributed by atoms with Crippen LogP contribution in [0.4, 0.5) is 0 Å². The van der Waals surface area contributed by atoms with Crippen LogP contribution in [0.15, 0.2) is 48.8 Å². The van der Waals surface area contributed by atoms with Crippen LogP contribution in [0.3, 0.4) is 0 Å². The van der Waals surface area contributed by atoms with Crippen molar-refractivity contribution < 1.29 is 4.74 Å². The zero-order chi connectivity index (χ0) is 18.3. The van der Waals surface area contributed by atoms with Gasteiger partial charge in [0.05, 0.1) is 0 Å². The number of nitrogens with one attached hydrogen (secondary N) is 2. The smallest absolute Gasteiger partial charge is 0.119 e. The number of aromatic nitrogens is 1. The van der Waals surface area contributed by atoms with E-state index in [1.807, 2.05) is 12.1 Å². The molecule has 2 fully saturated rings. The molecule has 5 nitrogen and oxygen atoms in total. The van der Waals surface area contributed by atoms with Crippen LogP contribution < -0.4 is 15.4 Å². The van der Waals surface area contributed by atoms with Crippen molar-refractivity contribution in [3.8, 4) is 5.75 Å². The summed E-state index contributed by atoms with van der Waals surface area (Å²) < 4.78 is 5.86. The molecule has 2 N–H and O–H groups in total. The number of nitrogens with zero attached hydrogens (tertiary/aromatic N) is 2. The van der Waals surface area contributed by atoms with Crippen LogP contribution in [0.25, 0.3) is 0 Å². The molecule has 144 valence electrons. The van der Waals surface area contributed by atoms with Crippen LogP contribution in [-0.2, 0) is 13.2 Å². The summed E-state index contributed by atoms with van der Waals surface area (Å²) in [5.41, 5.74) is 2.45. The maximum Gasteiger partial charge on any atom is 0.119 e. The lowest BCUT2D eigenvalue weighted by Gasteiger charge is -2.36. The van der Waals surface area contributed by atoms with E-state index in [1.54, 1.807) is 12.4 Å². The summed E-state index contributed by atoms with van der Waals surface area (Å²) in [6, 6.07) is 13.8. The van der Waals surface area contributed by atoms with E-state index in [9.17, 15) is 0 Å². The fourth-order valence-electron chi connectivity index (χ4n) is 4.23. The Hall–Kier alpha value is -1.95. The number of piperazine rings is 1. The number of hydrogen-bond donors (Lipinski definition) is 2. The van der Waals surface area contributed by atoms with Crippen LogP contribution in [0, 0.1) is 0 Å². The lowest BCUT2D eigenvalue weighted by Crippen LogP contribution is -2.53. The van der Waals surface area contributed by atoms with Gasteiger partial charge >= 0.3 is 0 Å². The zero-order valence-electron chi connectivity index (χ0n) is 15.9. The summed E-state index contributed by atoms with van der Waals surface area (Å²) in [6.45, 7) is 6.14. The van der Waals surface area contributed by atoms with Gasteiger partial charge in [-0.25, -0.2) is 0 Å². The largest absolute Gasteiger partial charge is 0.489 e. The average molecular weight is 367 g/mol. The molecule has 0 radical (unpaired) electrons. The Kier molecular flexibility index (Phi) is 6.35. The van der Waals surface area contributed by atoms with E-state index >= 15 is 0 Å². The Morgan fingerprint density at radius 1 is 1.00 bits per heavy atom. The average Bonchev–Trinajstić information content (AvgIpc) is 3.21. The number of pyridine rings is 1. The second-order valence-corrected chi connectivity index (χ2v) is 7.56. The number of hydrogen-bond acceptors (Lipinski definition) is 5. The zero-order valence-corrected chi connectivity index (χ0v) is 15.9. The molecule has 1 aromatic heterocycles. The van der Waals surface area contributed by atoms with E-state index in [0.717, 1.165) is 30.9 Å². The first-order valence-corrected chi connectivity index (χ1v) is 10.2. The first-order chi connectivity index (χ1) is 13.4. The highest BCUT2D eigenvalue weighted by atomic mass is 16.5. The van der Waals surface area contributed by atoms with Crippen LogP contribution >= 0.6 is 0 Å². The first-order valence-electron chi connectivity index (χ1n) is 10.2. The van der Waals surface area contributed by atoms with E-state index in [1.165, 1.54) is 37.9 Å². The molecule has 2 aromatic rings. The molecule has 5 heteroatoms. The van der Waals surface area contributed by atoms with Gasteiger partial charge in [-0.2, -0.15) is 0 Å². The molecule has 0 amide bonds. The Labute approximate surface area is 162 Å². The van der Waals surface area contributed by atoms with Gasteiger partial charge in [-0.3, -0.25) is 9.88 Å². The van der Waals surface area contributed by atoms with Crippen molar-refractivity contribution in [1.29, 1.82) is 0 Å². The van der Waals surface area contributed by atoms with Crippen LogP contribution in [0.1, 0.15) is 30.4 Å². The number of benzene rings is 1. The molecule has 0 spiro atoms. The summed E-state index contributed by atoms with van der Waals surface area (Å²) >= 11 is 0. The van der Waals surface area contributed by atoms with Crippen molar-refractivity contribution in [3.05, 3.63) is 59.9 Å². The van der Waals surface area contributed by atoms with Gasteiger partial charge in [-0.1, -0.05) is 18.6 Å². The minimum atomic E-state index is 0.578. The third-order valence-electron chi connectivity index (χ3n) is 5.75. The van der Waals surface area contributed by atoms with E-state index in [0.29, 0.717) is 18.7 Å². The summed E-state index contributed by atoms with van der Waals surface area (Å²) in [5, 5.41) is 7.27. The molecule has 2 atom stereocenters. The Balaban J connectivity index is 1.25. The second kappa shape index (κ2) is 9.31. The Morgan fingerprint density at radius 3 is 2.56 bits per heavy atom. The maximum absolute atomic E-state index is 5.86. The van der Waals surface area contributed by atoms with Crippen molar-refractivity contribution in [2.24, 2.45) is 0 Å². The maximum atomic E-state index is 5.86. The molecule has 27 heavy (non-hydrogen) atoms. The molecule has 0 bridgehead atoms. The minimum Gasteiger partial charge on any atom is -0.489 e. The minimum absolute atomic E-state index is 0.578. The fraction of sp³-hybridized carbons (Fsp3) is 0.500. The van der Waals surface area contributed by atoms with Crippen molar-refractivity contribution >= 4 is 0 Å². The lowest BCUT2D eigenvalue weighted by molar-refractivity contribution is 0.152. The molecule has 0 unspecified atom stereocenters. The van der Waals surface area contributed by atoms with Gasteiger partial charge in [-0.15, -0.1) is 0 Å². The van der Waals surface area contributed by atoms with Gasteiger partial charge in [0.1, 0.15) is 12.4 Å². The third kappa shape index (κ3) is 5.06. The first kappa shape index (κ1) is 18.4. The van der Waals surface area contributed by atoms with Crippen LogP contribution in [-0.4, -0.2) is 48.1 Å². The van der Waals surface area contributed by atoms with Crippen molar-refractivity contribution in [3.63, 3.8) is 0 Å². The van der Waals surface area contributed by atoms with Crippen LogP contribution in [0.2, 0.25) is 0 Å². The summed E-state index contributed by atoms with van der Waals surface area (Å²) in [4.78, 5) is 6.71. The molecule has 1 saturated heterocycles. The number of ether oxygens (including phenoxy) is 1. The highest BCUT2D eigenvalue weighted by molar-refractivity contribution is 5.27. The van der Waals surface area contributed by atoms with E-state index in [2.05, 4.69) is 44.8 Å². The Morgan fingerprint density at radius 2 is 1.78 bits per heavy atom. The molecular weight excluding hydrogens is 336 g/mol. The summed E-state index contributed by atoms with van der Waals surface area (Å²) in [5.74, 6) is 0.912. The van der Waals surface area contributed by atoms with Gasteiger partial charge in [-0.05, 0) is 48.2 Å². The van der Waals surface area contributed by atoms with Gasteiger partial charge in [0, 0.05) is 57.2 Å². The predicted molar refractivity (Wildman–Crippen MR) is 108 cm³/mol. The molecule has 4 rings (SSSR count). The van der Waals surface area contributed by atoms with E-state index in [-0.39, 0.29) is 0 Å². The standard InChI is InChI=1S/C22H30N4O/c1-2-21(22(3-1)26-14-12-24-13-15-26)25-16-18-4-6-20(7-5-18)27-17-19-8-10-23-11-9-19/h4-11,21-22,24-25H,1-3,12-17H2/t21-,22+/m1/s1. The second-order valence-electron chi connectivity index (χ2n) is 7.56. The third-order valence-corrected chi connectivity index (χ3v) is 5.75.